The number of rotatable bonds is 5. The van der Waals surface area contributed by atoms with E-state index < -0.39 is 17.7 Å². The minimum Gasteiger partial charge on any atom is -0.472 e. The first-order valence-electron chi connectivity index (χ1n) is 14.5. The summed E-state index contributed by atoms with van der Waals surface area (Å²) in [5.41, 5.74) is 3.86. The van der Waals surface area contributed by atoms with Crippen molar-refractivity contribution in [2.24, 2.45) is 0 Å². The second kappa shape index (κ2) is 11.4. The summed E-state index contributed by atoms with van der Waals surface area (Å²) in [5, 5.41) is 1.25. The maximum atomic E-state index is 14.0. The van der Waals surface area contributed by atoms with Crippen molar-refractivity contribution in [2.45, 2.75) is 57.7 Å². The van der Waals surface area contributed by atoms with Crippen molar-refractivity contribution >= 4 is 29.0 Å². The molecule has 1 saturated carbocycles. The zero-order chi connectivity index (χ0) is 29.3. The third kappa shape index (κ3) is 5.02. The maximum Gasteiger partial charge on any atom is 0.513 e. The second-order valence-electron chi connectivity index (χ2n) is 11.1. The molecule has 1 heterocycles. The van der Waals surface area contributed by atoms with Gasteiger partial charge in [0.25, 0.3) is 0 Å². The fourth-order valence-electron chi connectivity index (χ4n) is 5.97. The average Bonchev–Trinajstić information content (AvgIpc) is 3.02. The fourth-order valence-corrected chi connectivity index (χ4v) is 5.97. The van der Waals surface area contributed by atoms with Crippen molar-refractivity contribution in [2.75, 3.05) is 7.11 Å². The van der Waals surface area contributed by atoms with Gasteiger partial charge in [-0.3, -0.25) is 0 Å². The lowest BCUT2D eigenvalue weighted by molar-refractivity contribution is 0.0206. The van der Waals surface area contributed by atoms with Gasteiger partial charge in [0, 0.05) is 27.5 Å². The van der Waals surface area contributed by atoms with Gasteiger partial charge in [-0.2, -0.15) is 0 Å². The number of fused-ring (bicyclic) bond motifs is 3. The third-order valence-electron chi connectivity index (χ3n) is 8.25. The molecule has 0 aromatic heterocycles. The summed E-state index contributed by atoms with van der Waals surface area (Å²) in [6.45, 7) is 4.10. The van der Waals surface area contributed by atoms with E-state index in [0.717, 1.165) is 54.4 Å². The molecular weight excluding hydrogens is 528 g/mol. The van der Waals surface area contributed by atoms with Gasteiger partial charge in [-0.25, -0.2) is 9.59 Å². The molecule has 4 aromatic rings. The number of ether oxygens (including phenoxy) is 4. The van der Waals surface area contributed by atoms with Gasteiger partial charge in [-0.15, -0.1) is 0 Å². The normalized spacial score (nSPS) is 15.9. The average molecular weight is 563 g/mol. The number of aryl methyl sites for hydroxylation is 2. The van der Waals surface area contributed by atoms with Crippen molar-refractivity contribution < 1.29 is 28.5 Å². The molecule has 6 rings (SSSR count). The number of methoxy groups -OCH3 is 1. The van der Waals surface area contributed by atoms with Crippen LogP contribution in [0.1, 0.15) is 70.3 Å². The Hall–Kier alpha value is -4.58. The Morgan fingerprint density at radius 2 is 1.40 bits per heavy atom. The highest BCUT2D eigenvalue weighted by molar-refractivity contribution is 6.09. The molecule has 6 heteroatoms. The van der Waals surface area contributed by atoms with Crippen LogP contribution in [-0.4, -0.2) is 25.3 Å². The van der Waals surface area contributed by atoms with Crippen LogP contribution in [0.5, 0.6) is 11.5 Å². The summed E-state index contributed by atoms with van der Waals surface area (Å²) in [5.74, 6) is 0.0692. The lowest BCUT2D eigenvalue weighted by atomic mass is 9.82. The van der Waals surface area contributed by atoms with Crippen molar-refractivity contribution in [3.05, 3.63) is 112 Å². The number of benzene rings is 4. The monoisotopic (exact) mass is 562 g/mol. The number of hydrogen-bond donors (Lipinski definition) is 0. The van der Waals surface area contributed by atoms with E-state index in [9.17, 15) is 9.59 Å². The van der Waals surface area contributed by atoms with Crippen LogP contribution in [0.25, 0.3) is 16.8 Å². The molecule has 0 saturated heterocycles. The van der Waals surface area contributed by atoms with Crippen LogP contribution < -0.4 is 9.47 Å². The zero-order valence-electron chi connectivity index (χ0n) is 24.1. The predicted octanol–water partition coefficient (Wildman–Crippen LogP) is 8.44. The first-order valence-corrected chi connectivity index (χ1v) is 14.5. The van der Waals surface area contributed by atoms with Crippen LogP contribution in [0.15, 0.2) is 78.9 Å². The molecule has 4 aromatic carbocycles. The molecule has 0 N–H and O–H groups in total. The first kappa shape index (κ1) is 27.6. The first-order chi connectivity index (χ1) is 20.4. The maximum absolute atomic E-state index is 14.0. The van der Waals surface area contributed by atoms with Gasteiger partial charge in [-0.05, 0) is 51.7 Å². The van der Waals surface area contributed by atoms with Gasteiger partial charge in [-0.1, -0.05) is 90.3 Å². The van der Waals surface area contributed by atoms with Crippen molar-refractivity contribution in [3.63, 3.8) is 0 Å². The Kier molecular flexibility index (Phi) is 7.46. The number of esters is 1. The molecule has 2 aliphatic rings. The summed E-state index contributed by atoms with van der Waals surface area (Å²) >= 11 is 0. The highest BCUT2D eigenvalue weighted by Crippen LogP contribution is 2.50. The van der Waals surface area contributed by atoms with Gasteiger partial charge in [0.2, 0.25) is 0 Å². The third-order valence-corrected chi connectivity index (χ3v) is 8.25. The summed E-state index contributed by atoms with van der Waals surface area (Å²) in [6.07, 6.45) is 7.54. The molecule has 0 spiro atoms. The predicted molar refractivity (Wildman–Crippen MR) is 162 cm³/mol. The van der Waals surface area contributed by atoms with E-state index in [4.69, 9.17) is 18.9 Å². The quantitative estimate of drug-likeness (QED) is 0.180. The molecule has 0 radical (unpaired) electrons. The smallest absolute Gasteiger partial charge is 0.472 e. The van der Waals surface area contributed by atoms with E-state index in [-0.39, 0.29) is 17.4 Å². The van der Waals surface area contributed by atoms with Gasteiger partial charge < -0.3 is 18.9 Å². The lowest BCUT2D eigenvalue weighted by Crippen LogP contribution is -2.35. The van der Waals surface area contributed by atoms with Crippen LogP contribution in [-0.2, 0) is 15.1 Å². The molecule has 1 aliphatic heterocycles. The Morgan fingerprint density at radius 1 is 0.810 bits per heavy atom. The molecular formula is C36H34O6. The van der Waals surface area contributed by atoms with Crippen molar-refractivity contribution in [3.8, 4) is 11.5 Å². The molecule has 1 aliphatic carbocycles. The van der Waals surface area contributed by atoms with Crippen LogP contribution >= 0.6 is 0 Å². The fraction of sp³-hybridized carbons (Fsp3) is 0.278. The standard InChI is InChI=1S/C36H34O6/c1-23-13-17-25(18-14-23)36(26-19-15-24(2)16-20-26)22-21-30-31(34(37)40-27-9-5-4-6-10-27)33(41-35(38)39-3)29-12-8-7-11-28(29)32(30)42-36/h7-8,11-22,27H,4-6,9-10H2,1-3H3. The lowest BCUT2D eigenvalue weighted by Gasteiger charge is -2.37. The Balaban J connectivity index is 1.58. The minimum atomic E-state index is -0.966. The largest absolute Gasteiger partial charge is 0.513 e. The van der Waals surface area contributed by atoms with E-state index in [0.29, 0.717) is 22.1 Å². The molecule has 6 nitrogen and oxygen atoms in total. The summed E-state index contributed by atoms with van der Waals surface area (Å²) in [6, 6.07) is 24.0. The van der Waals surface area contributed by atoms with Crippen LogP contribution in [0.3, 0.4) is 0 Å². The summed E-state index contributed by atoms with van der Waals surface area (Å²) < 4.78 is 23.6. The number of hydrogen-bond acceptors (Lipinski definition) is 6. The van der Waals surface area contributed by atoms with E-state index in [1.54, 1.807) is 0 Å². The highest BCUT2D eigenvalue weighted by atomic mass is 16.7. The van der Waals surface area contributed by atoms with E-state index >= 15 is 0 Å². The topological polar surface area (TPSA) is 71.1 Å². The van der Waals surface area contributed by atoms with Crippen LogP contribution in [0, 0.1) is 13.8 Å². The summed E-state index contributed by atoms with van der Waals surface area (Å²) in [4.78, 5) is 26.4. The summed E-state index contributed by atoms with van der Waals surface area (Å²) in [7, 11) is 1.24. The highest BCUT2D eigenvalue weighted by Gasteiger charge is 2.40. The van der Waals surface area contributed by atoms with E-state index in [1.807, 2.05) is 36.4 Å². The molecule has 1 fully saturated rings. The SMILES string of the molecule is COC(=O)Oc1c(C(=O)OC2CCCCC2)c2c(c3ccccc13)OC(c1ccc(C)cc1)(c1ccc(C)cc1)C=C2. The van der Waals surface area contributed by atoms with Gasteiger partial charge in [0.05, 0.1) is 7.11 Å². The van der Waals surface area contributed by atoms with Gasteiger partial charge in [0.1, 0.15) is 17.4 Å². The molecule has 42 heavy (non-hydrogen) atoms. The van der Waals surface area contributed by atoms with E-state index in [1.165, 1.54) is 7.11 Å². The zero-order valence-corrected chi connectivity index (χ0v) is 24.1. The van der Waals surface area contributed by atoms with Crippen molar-refractivity contribution in [1.82, 2.24) is 0 Å². The Labute approximate surface area is 245 Å². The Bertz CT molecular complexity index is 1610. The van der Waals surface area contributed by atoms with E-state index in [2.05, 4.69) is 62.4 Å². The molecule has 214 valence electrons. The number of carbonyl (C=O) groups is 2. The molecule has 0 atom stereocenters. The van der Waals surface area contributed by atoms with Gasteiger partial charge >= 0.3 is 12.1 Å². The molecule has 0 unspecified atom stereocenters. The van der Waals surface area contributed by atoms with Crippen molar-refractivity contribution in [1.29, 1.82) is 0 Å². The van der Waals surface area contributed by atoms with Crippen LogP contribution in [0.2, 0.25) is 0 Å². The minimum absolute atomic E-state index is 0.100. The van der Waals surface area contributed by atoms with Crippen LogP contribution in [0.4, 0.5) is 4.79 Å². The molecule has 0 amide bonds. The number of carbonyl (C=O) groups excluding carboxylic acids is 2. The van der Waals surface area contributed by atoms with Gasteiger partial charge in [0.15, 0.2) is 11.4 Å². The Morgan fingerprint density at radius 3 is 2.00 bits per heavy atom. The second-order valence-corrected chi connectivity index (χ2v) is 11.1. The molecule has 0 bridgehead atoms.